The van der Waals surface area contributed by atoms with Gasteiger partial charge < -0.3 is 0 Å². The minimum atomic E-state index is 0.669. The van der Waals surface area contributed by atoms with E-state index in [9.17, 15) is 4.79 Å². The summed E-state index contributed by atoms with van der Waals surface area (Å²) in [5.74, 6) is 1.06. The van der Waals surface area contributed by atoms with Crippen LogP contribution in [-0.4, -0.2) is 18.4 Å². The minimum Gasteiger partial charge on any atom is -0.211 e. The van der Waals surface area contributed by atoms with Crippen molar-refractivity contribution in [2.45, 2.75) is 212 Å². The average molecular weight is 566 g/mol. The maximum atomic E-state index is 9.99. The normalized spacial score (nSPS) is 11.2. The number of unbranched alkanes of at least 4 members (excludes halogenated alkanes) is 32. The molecule has 0 aliphatic rings. The molecule has 0 heterocycles. The molecule has 3 heteroatoms. The second kappa shape index (κ2) is 37.7. The highest BCUT2D eigenvalue weighted by Gasteiger charge is 1.97. The summed E-state index contributed by atoms with van der Waals surface area (Å²) < 4.78 is 0. The molecule has 0 saturated heterocycles. The van der Waals surface area contributed by atoms with Crippen LogP contribution < -0.4 is 0 Å². The predicted molar refractivity (Wildman–Crippen MR) is 179 cm³/mol. The fraction of sp³-hybridized carbons (Fsp3) is 0.972. The molecule has 0 aliphatic heterocycles. The molecular weight excluding hydrogens is 494 g/mol. The van der Waals surface area contributed by atoms with Gasteiger partial charge in [-0.3, -0.25) is 0 Å². The second-order valence-electron chi connectivity index (χ2n) is 12.4. The molecule has 0 aliphatic carbocycles. The smallest absolute Gasteiger partial charge is 0.211 e. The van der Waals surface area contributed by atoms with Crippen LogP contribution in [0.3, 0.4) is 0 Å². The first-order valence-corrected chi connectivity index (χ1v) is 18.7. The Hall–Kier alpha value is -0.270. The third-order valence-corrected chi connectivity index (χ3v) is 8.81. The monoisotopic (exact) mass is 566 g/mol. The van der Waals surface area contributed by atoms with Gasteiger partial charge in [0, 0.05) is 0 Å². The van der Waals surface area contributed by atoms with E-state index in [1.807, 2.05) is 0 Å². The first-order valence-electron chi connectivity index (χ1n) is 18.1. The number of hydrogen-bond acceptors (Lipinski definition) is 3. The molecule has 0 bridgehead atoms. The van der Waals surface area contributed by atoms with Gasteiger partial charge in [0.15, 0.2) is 0 Å². The van der Waals surface area contributed by atoms with Gasteiger partial charge in [-0.05, 0) is 18.6 Å². The van der Waals surface area contributed by atoms with Gasteiger partial charge in [-0.25, -0.2) is 9.79 Å². The van der Waals surface area contributed by atoms with Crippen LogP contribution >= 0.6 is 12.6 Å². The third-order valence-electron chi connectivity index (χ3n) is 8.49. The molecule has 0 N–H and O–H groups in total. The summed E-state index contributed by atoms with van der Waals surface area (Å²) >= 11 is 4.28. The van der Waals surface area contributed by atoms with Crippen LogP contribution in [0.1, 0.15) is 212 Å². The molecule has 232 valence electrons. The van der Waals surface area contributed by atoms with Gasteiger partial charge in [-0.1, -0.05) is 199 Å². The molecule has 0 unspecified atom stereocenters. The maximum absolute atomic E-state index is 9.99. The van der Waals surface area contributed by atoms with Crippen molar-refractivity contribution < 1.29 is 4.79 Å². The van der Waals surface area contributed by atoms with Gasteiger partial charge in [0.1, 0.15) is 0 Å². The van der Waals surface area contributed by atoms with Crippen molar-refractivity contribution in [1.82, 2.24) is 0 Å². The van der Waals surface area contributed by atoms with Crippen LogP contribution in [0, 0.1) is 0 Å². The topological polar surface area (TPSA) is 29.4 Å². The second-order valence-corrected chi connectivity index (χ2v) is 12.8. The zero-order valence-corrected chi connectivity index (χ0v) is 27.4. The van der Waals surface area contributed by atoms with Gasteiger partial charge in [-0.2, -0.15) is 12.6 Å². The Morgan fingerprint density at radius 2 is 0.487 bits per heavy atom. The molecule has 0 atom stereocenters. The first kappa shape index (κ1) is 38.7. The summed E-state index contributed by atoms with van der Waals surface area (Å²) in [4.78, 5) is 13.6. The Kier molecular flexibility index (Phi) is 37.5. The molecule has 0 aromatic carbocycles. The van der Waals surface area contributed by atoms with Crippen molar-refractivity contribution in [2.24, 2.45) is 4.99 Å². The molecule has 0 aromatic heterocycles. The van der Waals surface area contributed by atoms with E-state index in [1.54, 1.807) is 6.08 Å². The molecule has 0 saturated carbocycles. The molecule has 0 fully saturated rings. The standard InChI is InChI=1S/C36H71NOS/c38-36-37-34-32-30-28-26-24-22-20-18-16-14-12-10-8-6-4-2-1-3-5-7-9-11-13-15-17-19-21-23-25-27-29-31-33-35-39/h39H,1-35H2. The lowest BCUT2D eigenvalue weighted by Gasteiger charge is -2.05. The Balaban J connectivity index is 3.02. The van der Waals surface area contributed by atoms with Gasteiger partial charge >= 0.3 is 0 Å². The lowest BCUT2D eigenvalue weighted by molar-refractivity contribution is 0.511. The highest BCUT2D eigenvalue weighted by molar-refractivity contribution is 7.80. The zero-order valence-electron chi connectivity index (χ0n) is 26.6. The van der Waals surface area contributed by atoms with Crippen molar-refractivity contribution in [1.29, 1.82) is 0 Å². The summed E-state index contributed by atoms with van der Waals surface area (Å²) in [6.45, 7) is 0.669. The fourth-order valence-corrected chi connectivity index (χ4v) is 6.05. The minimum absolute atomic E-state index is 0.669. The van der Waals surface area contributed by atoms with Crippen molar-refractivity contribution in [3.63, 3.8) is 0 Å². The van der Waals surface area contributed by atoms with E-state index in [-0.39, 0.29) is 0 Å². The van der Waals surface area contributed by atoms with Crippen molar-refractivity contribution in [2.75, 3.05) is 12.3 Å². The van der Waals surface area contributed by atoms with Crippen molar-refractivity contribution in [3.8, 4) is 0 Å². The van der Waals surface area contributed by atoms with Crippen molar-refractivity contribution in [3.05, 3.63) is 0 Å². The summed E-state index contributed by atoms with van der Waals surface area (Å²) in [6.07, 6.45) is 48.6. The lowest BCUT2D eigenvalue weighted by atomic mass is 10.0. The third kappa shape index (κ3) is 37.7. The maximum Gasteiger partial charge on any atom is 0.234 e. The number of isocyanates is 1. The van der Waals surface area contributed by atoms with Gasteiger partial charge in [0.05, 0.1) is 6.54 Å². The number of carbonyl (C=O) groups excluding carboxylic acids is 1. The zero-order chi connectivity index (χ0) is 28.2. The fourth-order valence-electron chi connectivity index (χ4n) is 5.83. The molecule has 2 nitrogen and oxygen atoms in total. The van der Waals surface area contributed by atoms with Crippen LogP contribution in [0.4, 0.5) is 0 Å². The molecule has 0 radical (unpaired) electrons. The first-order chi connectivity index (χ1) is 19.4. The van der Waals surface area contributed by atoms with Crippen molar-refractivity contribution >= 4 is 18.7 Å². The van der Waals surface area contributed by atoms with Crippen LogP contribution in [0.15, 0.2) is 4.99 Å². The molecule has 0 amide bonds. The highest BCUT2D eigenvalue weighted by atomic mass is 32.1. The van der Waals surface area contributed by atoms with E-state index in [4.69, 9.17) is 0 Å². The van der Waals surface area contributed by atoms with E-state index in [0.29, 0.717) is 6.54 Å². The van der Waals surface area contributed by atoms with Crippen LogP contribution in [0.5, 0.6) is 0 Å². The highest BCUT2D eigenvalue weighted by Crippen LogP contribution is 2.17. The number of hydrogen-bond donors (Lipinski definition) is 1. The van der Waals surface area contributed by atoms with Crippen LogP contribution in [0.2, 0.25) is 0 Å². The van der Waals surface area contributed by atoms with E-state index in [0.717, 1.165) is 12.2 Å². The van der Waals surface area contributed by atoms with Gasteiger partial charge in [-0.15, -0.1) is 0 Å². The van der Waals surface area contributed by atoms with E-state index >= 15 is 0 Å². The van der Waals surface area contributed by atoms with Gasteiger partial charge in [0.25, 0.3) is 0 Å². The summed E-state index contributed by atoms with van der Waals surface area (Å²) in [7, 11) is 0. The SMILES string of the molecule is O=C=NCCCCCCCCCCCCCCCCCCCCCCCCCCCCCCCCCCCS. The molecular formula is C36H71NOS. The quantitative estimate of drug-likeness (QED) is 0.0352. The lowest BCUT2D eigenvalue weighted by Crippen LogP contribution is -1.85. The van der Waals surface area contributed by atoms with Crippen LogP contribution in [-0.2, 0) is 4.79 Å². The van der Waals surface area contributed by atoms with E-state index in [2.05, 4.69) is 17.6 Å². The molecule has 0 aromatic rings. The van der Waals surface area contributed by atoms with E-state index in [1.165, 1.54) is 205 Å². The molecule has 39 heavy (non-hydrogen) atoms. The predicted octanol–water partition coefficient (Wildman–Crippen LogP) is 13.1. The Morgan fingerprint density at radius 3 is 0.667 bits per heavy atom. The largest absolute Gasteiger partial charge is 0.234 e. The Labute approximate surface area is 252 Å². The number of rotatable bonds is 35. The number of aliphatic imine (C=N–C) groups is 1. The number of thiol groups is 1. The molecule has 0 spiro atoms. The molecule has 0 rings (SSSR count). The summed E-state index contributed by atoms with van der Waals surface area (Å²) in [5.41, 5.74) is 0. The summed E-state index contributed by atoms with van der Waals surface area (Å²) in [5, 5.41) is 0. The van der Waals surface area contributed by atoms with E-state index < -0.39 is 0 Å². The average Bonchev–Trinajstić information content (AvgIpc) is 2.95. The number of nitrogens with zero attached hydrogens (tertiary/aromatic N) is 1. The summed E-state index contributed by atoms with van der Waals surface area (Å²) in [6, 6.07) is 0. The van der Waals surface area contributed by atoms with Crippen LogP contribution in [0.25, 0.3) is 0 Å². The van der Waals surface area contributed by atoms with Gasteiger partial charge in [0.2, 0.25) is 6.08 Å². The Bertz CT molecular complexity index is 477. The Morgan fingerprint density at radius 1 is 0.308 bits per heavy atom.